The maximum atomic E-state index is 12.6. The Bertz CT molecular complexity index is 963. The van der Waals surface area contributed by atoms with E-state index in [2.05, 4.69) is 10.0 Å². The predicted octanol–water partition coefficient (Wildman–Crippen LogP) is 4.63. The zero-order valence-corrected chi connectivity index (χ0v) is 14.1. The van der Waals surface area contributed by atoms with Crippen molar-refractivity contribution in [2.75, 3.05) is 0 Å². The van der Waals surface area contributed by atoms with Crippen LogP contribution in [0.1, 0.15) is 37.4 Å². The first kappa shape index (κ1) is 17.1. The second-order valence-corrected chi connectivity index (χ2v) is 6.36. The Labute approximate surface area is 148 Å². The summed E-state index contributed by atoms with van der Waals surface area (Å²) in [6, 6.07) is 7.11. The van der Waals surface area contributed by atoms with E-state index in [-0.39, 0.29) is 11.5 Å². The highest BCUT2D eigenvalue weighted by atomic mass is 35.5. The highest BCUT2D eigenvalue weighted by molar-refractivity contribution is 6.31. The Morgan fingerprint density at radius 3 is 2.84 bits per heavy atom. The second kappa shape index (κ2) is 6.63. The van der Waals surface area contributed by atoms with Crippen LogP contribution in [0.25, 0.3) is 21.6 Å². The van der Waals surface area contributed by atoms with Gasteiger partial charge in [-0.25, -0.2) is 4.79 Å². The number of carboxylic acids is 1. The number of pyridine rings is 1. The average molecular weight is 359 g/mol. The number of nitrogens with zero attached hydrogens (tertiary/aromatic N) is 4. The molecule has 2 atom stereocenters. The molecule has 1 aromatic carbocycles. The zero-order chi connectivity index (χ0) is 18.1. The fourth-order valence-electron chi connectivity index (χ4n) is 3.36. The molecular formula is C17H15ClN4O3. The van der Waals surface area contributed by atoms with Gasteiger partial charge < -0.3 is 5.11 Å². The molecule has 1 N–H and O–H groups in total. The molecule has 0 spiro atoms. The topological polar surface area (TPSA) is 108 Å². The lowest BCUT2D eigenvalue weighted by atomic mass is 9.96. The fraction of sp³-hybridized carbons (Fsp3) is 0.294. The van der Waals surface area contributed by atoms with Gasteiger partial charge >= 0.3 is 5.97 Å². The molecule has 1 aliphatic rings. The van der Waals surface area contributed by atoms with E-state index in [4.69, 9.17) is 17.1 Å². The van der Waals surface area contributed by atoms with Gasteiger partial charge in [-0.2, -0.15) is 0 Å². The first-order chi connectivity index (χ1) is 12.0. The molecule has 128 valence electrons. The lowest BCUT2D eigenvalue weighted by molar-refractivity contribution is -0.140. The van der Waals surface area contributed by atoms with Crippen molar-refractivity contribution in [3.05, 3.63) is 61.8 Å². The maximum absolute atomic E-state index is 12.6. The van der Waals surface area contributed by atoms with Crippen LogP contribution in [0.15, 0.2) is 40.2 Å². The number of hydrogen-bond acceptors (Lipinski definition) is 3. The number of halogens is 1. The third kappa shape index (κ3) is 2.99. The van der Waals surface area contributed by atoms with Crippen LogP contribution in [0.4, 0.5) is 5.69 Å². The van der Waals surface area contributed by atoms with E-state index >= 15 is 0 Å². The van der Waals surface area contributed by atoms with Gasteiger partial charge in [0.25, 0.3) is 5.56 Å². The van der Waals surface area contributed by atoms with E-state index < -0.39 is 12.0 Å². The third-order valence-electron chi connectivity index (χ3n) is 4.54. The molecule has 1 unspecified atom stereocenters. The molecule has 7 nitrogen and oxygen atoms in total. The van der Waals surface area contributed by atoms with Gasteiger partial charge in [0.05, 0.1) is 0 Å². The molecule has 2 aromatic rings. The summed E-state index contributed by atoms with van der Waals surface area (Å²) < 4.78 is 1.35. The number of aromatic nitrogens is 1. The van der Waals surface area contributed by atoms with E-state index in [9.17, 15) is 14.7 Å². The molecule has 3 rings (SSSR count). The maximum Gasteiger partial charge on any atom is 0.326 e. The molecule has 0 bridgehead atoms. The van der Waals surface area contributed by atoms with Crippen LogP contribution < -0.4 is 5.56 Å². The molecule has 0 saturated carbocycles. The highest BCUT2D eigenvalue weighted by Gasteiger charge is 2.35. The van der Waals surface area contributed by atoms with Crippen molar-refractivity contribution < 1.29 is 9.90 Å². The summed E-state index contributed by atoms with van der Waals surface area (Å²) in [5.41, 5.74) is 10.5. The van der Waals surface area contributed by atoms with Gasteiger partial charge in [0.1, 0.15) is 6.04 Å². The van der Waals surface area contributed by atoms with E-state index in [1.807, 2.05) is 6.92 Å². The van der Waals surface area contributed by atoms with E-state index in [0.717, 1.165) is 6.42 Å². The number of azide groups is 1. The largest absolute Gasteiger partial charge is 0.480 e. The summed E-state index contributed by atoms with van der Waals surface area (Å²) in [5.74, 6) is -1.03. The summed E-state index contributed by atoms with van der Waals surface area (Å²) >= 11 is 6.05. The van der Waals surface area contributed by atoms with Crippen LogP contribution in [-0.2, 0) is 4.79 Å². The Morgan fingerprint density at radius 2 is 2.20 bits per heavy atom. The van der Waals surface area contributed by atoms with Gasteiger partial charge in [-0.05, 0) is 47.7 Å². The molecular weight excluding hydrogens is 344 g/mol. The molecule has 0 radical (unpaired) electrons. The summed E-state index contributed by atoms with van der Waals surface area (Å²) in [6.45, 7) is 1.96. The summed E-state index contributed by atoms with van der Waals surface area (Å²) in [6.07, 6.45) is 1.12. The highest BCUT2D eigenvalue weighted by Crippen LogP contribution is 2.40. The molecule has 0 fully saturated rings. The predicted molar refractivity (Wildman–Crippen MR) is 94.3 cm³/mol. The molecule has 0 aliphatic carbocycles. The van der Waals surface area contributed by atoms with Crippen molar-refractivity contribution >= 4 is 23.3 Å². The Hall–Kier alpha value is -2.76. The average Bonchev–Trinajstić information content (AvgIpc) is 2.96. The van der Waals surface area contributed by atoms with Crippen molar-refractivity contribution in [2.45, 2.75) is 31.7 Å². The van der Waals surface area contributed by atoms with Crippen LogP contribution in [0.2, 0.25) is 5.02 Å². The Morgan fingerprint density at radius 1 is 1.44 bits per heavy atom. The molecule has 0 saturated heterocycles. The van der Waals surface area contributed by atoms with Gasteiger partial charge in [0, 0.05) is 33.3 Å². The van der Waals surface area contributed by atoms with Gasteiger partial charge in [-0.3, -0.25) is 9.36 Å². The minimum Gasteiger partial charge on any atom is -0.480 e. The second-order valence-electron chi connectivity index (χ2n) is 5.92. The molecule has 1 aliphatic heterocycles. The van der Waals surface area contributed by atoms with Gasteiger partial charge in [0.2, 0.25) is 0 Å². The van der Waals surface area contributed by atoms with Crippen LogP contribution in [0.5, 0.6) is 0 Å². The molecule has 0 amide bonds. The lowest BCUT2D eigenvalue weighted by Crippen LogP contribution is -2.27. The van der Waals surface area contributed by atoms with E-state index in [1.165, 1.54) is 10.6 Å². The minimum atomic E-state index is -1.01. The molecule has 8 heteroatoms. The normalized spacial score (nSPS) is 18.5. The van der Waals surface area contributed by atoms with Crippen LogP contribution >= 0.6 is 11.6 Å². The molecule has 25 heavy (non-hydrogen) atoms. The number of aliphatic carboxylic acids is 1. The lowest BCUT2D eigenvalue weighted by Gasteiger charge is -2.13. The van der Waals surface area contributed by atoms with Crippen molar-refractivity contribution in [3.8, 4) is 11.1 Å². The van der Waals surface area contributed by atoms with E-state index in [0.29, 0.717) is 34.0 Å². The summed E-state index contributed by atoms with van der Waals surface area (Å²) in [5, 5.41) is 13.5. The number of fused-ring (bicyclic) bond motifs is 1. The SMILES string of the molecule is CCC1C[C@@H](C(=O)O)n2c1cc(-c1cc(Cl)ccc1N=[N+]=[N-])cc2=O. The number of benzene rings is 1. The van der Waals surface area contributed by atoms with Crippen molar-refractivity contribution in [2.24, 2.45) is 5.11 Å². The van der Waals surface area contributed by atoms with Crippen LogP contribution in [0, 0.1) is 0 Å². The standard InChI is InChI=1S/C17H15ClN4O3/c1-2-9-5-15(17(24)25)22-14(9)6-10(7-16(22)23)12-8-11(18)3-4-13(12)20-21-19/h3-4,6-9,15H,2,5H2,1H3,(H,24,25)/t9?,15-/m0/s1. The zero-order valence-electron chi connectivity index (χ0n) is 13.4. The summed E-state index contributed by atoms with van der Waals surface area (Å²) in [4.78, 5) is 26.9. The first-order valence-electron chi connectivity index (χ1n) is 7.80. The van der Waals surface area contributed by atoms with Crippen LogP contribution in [0.3, 0.4) is 0 Å². The van der Waals surface area contributed by atoms with Crippen molar-refractivity contribution in [1.82, 2.24) is 4.57 Å². The van der Waals surface area contributed by atoms with Gasteiger partial charge in [0.15, 0.2) is 0 Å². The molecule has 1 aromatic heterocycles. The minimum absolute atomic E-state index is 0.0177. The van der Waals surface area contributed by atoms with Crippen LogP contribution in [-0.4, -0.2) is 15.6 Å². The quantitative estimate of drug-likeness (QED) is 0.488. The number of rotatable bonds is 4. The Balaban J connectivity index is 2.24. The monoisotopic (exact) mass is 358 g/mol. The first-order valence-corrected chi connectivity index (χ1v) is 8.18. The molecule has 2 heterocycles. The Kier molecular flexibility index (Phi) is 4.53. The number of carbonyl (C=O) groups is 1. The smallest absolute Gasteiger partial charge is 0.326 e. The van der Waals surface area contributed by atoms with Gasteiger partial charge in [-0.15, -0.1) is 0 Å². The number of carboxylic acid groups (broad SMARTS) is 1. The van der Waals surface area contributed by atoms with Gasteiger partial charge in [-0.1, -0.05) is 29.7 Å². The van der Waals surface area contributed by atoms with E-state index in [1.54, 1.807) is 24.3 Å². The third-order valence-corrected chi connectivity index (χ3v) is 4.77. The number of hydrogen-bond donors (Lipinski definition) is 1. The fourth-order valence-corrected chi connectivity index (χ4v) is 3.53. The van der Waals surface area contributed by atoms with Crippen molar-refractivity contribution in [3.63, 3.8) is 0 Å². The van der Waals surface area contributed by atoms with Crippen molar-refractivity contribution in [1.29, 1.82) is 0 Å². The summed E-state index contributed by atoms with van der Waals surface area (Å²) in [7, 11) is 0.